The van der Waals surface area contributed by atoms with E-state index in [-0.39, 0.29) is 5.91 Å². The van der Waals surface area contributed by atoms with E-state index in [0.29, 0.717) is 41.5 Å². The summed E-state index contributed by atoms with van der Waals surface area (Å²) in [5.41, 5.74) is 0.650. The van der Waals surface area contributed by atoms with Gasteiger partial charge in [0.1, 0.15) is 13.2 Å². The molecule has 1 aromatic carbocycles. The van der Waals surface area contributed by atoms with Crippen LogP contribution in [0.2, 0.25) is 0 Å². The predicted molar refractivity (Wildman–Crippen MR) is 99.0 cm³/mol. The Labute approximate surface area is 157 Å². The SMILES string of the molecule is C[C@H](Sc1nnc(-c2cccs2)o1)C(=O)Nc1ccc2c(c1)OCCO2. The molecule has 134 valence electrons. The molecular weight excluding hydrogens is 374 g/mol. The van der Waals surface area contributed by atoms with Gasteiger partial charge >= 0.3 is 0 Å². The monoisotopic (exact) mass is 389 g/mol. The molecule has 3 heterocycles. The van der Waals surface area contributed by atoms with Crippen LogP contribution in [-0.4, -0.2) is 34.6 Å². The molecule has 1 aliphatic rings. The Morgan fingerprint density at radius 1 is 1.23 bits per heavy atom. The van der Waals surface area contributed by atoms with Gasteiger partial charge in [0.25, 0.3) is 11.1 Å². The van der Waals surface area contributed by atoms with Crippen molar-refractivity contribution >= 4 is 34.7 Å². The maximum atomic E-state index is 12.4. The van der Waals surface area contributed by atoms with Gasteiger partial charge in [-0.2, -0.15) is 0 Å². The molecule has 0 unspecified atom stereocenters. The van der Waals surface area contributed by atoms with Crippen molar-refractivity contribution in [3.05, 3.63) is 35.7 Å². The lowest BCUT2D eigenvalue weighted by Crippen LogP contribution is -2.22. The fraction of sp³-hybridized carbons (Fsp3) is 0.235. The number of rotatable bonds is 5. The van der Waals surface area contributed by atoms with E-state index in [1.54, 1.807) is 25.1 Å². The molecule has 1 amide bonds. The van der Waals surface area contributed by atoms with E-state index in [1.807, 2.05) is 17.5 Å². The van der Waals surface area contributed by atoms with Gasteiger partial charge < -0.3 is 19.2 Å². The van der Waals surface area contributed by atoms with Crippen LogP contribution in [0.1, 0.15) is 6.92 Å². The van der Waals surface area contributed by atoms with Gasteiger partial charge in [-0.05, 0) is 30.5 Å². The topological polar surface area (TPSA) is 86.5 Å². The number of benzene rings is 1. The third-order valence-corrected chi connectivity index (χ3v) is 5.39. The second kappa shape index (κ2) is 7.38. The van der Waals surface area contributed by atoms with Crippen molar-refractivity contribution in [1.82, 2.24) is 10.2 Å². The molecule has 0 bridgehead atoms. The van der Waals surface area contributed by atoms with Gasteiger partial charge in [0.05, 0.1) is 10.1 Å². The Bertz CT molecular complexity index is 911. The van der Waals surface area contributed by atoms with Crippen LogP contribution in [-0.2, 0) is 4.79 Å². The number of aromatic nitrogens is 2. The van der Waals surface area contributed by atoms with Gasteiger partial charge in [-0.1, -0.05) is 17.8 Å². The molecule has 26 heavy (non-hydrogen) atoms. The minimum Gasteiger partial charge on any atom is -0.486 e. The zero-order chi connectivity index (χ0) is 17.9. The van der Waals surface area contributed by atoms with Crippen molar-refractivity contribution in [3.8, 4) is 22.3 Å². The maximum absolute atomic E-state index is 12.4. The zero-order valence-corrected chi connectivity index (χ0v) is 15.4. The number of thioether (sulfide) groups is 1. The summed E-state index contributed by atoms with van der Waals surface area (Å²) in [5.74, 6) is 1.61. The number of carbonyl (C=O) groups excluding carboxylic acids is 1. The number of thiophene rings is 1. The van der Waals surface area contributed by atoms with E-state index in [4.69, 9.17) is 13.9 Å². The van der Waals surface area contributed by atoms with Gasteiger partial charge in [0.15, 0.2) is 11.5 Å². The fourth-order valence-corrected chi connectivity index (χ4v) is 3.65. The molecule has 1 N–H and O–H groups in total. The summed E-state index contributed by atoms with van der Waals surface area (Å²) in [7, 11) is 0. The normalized spacial score (nSPS) is 14.0. The van der Waals surface area contributed by atoms with Gasteiger partial charge in [-0.3, -0.25) is 4.79 Å². The molecule has 3 aromatic rings. The lowest BCUT2D eigenvalue weighted by Gasteiger charge is -2.19. The van der Waals surface area contributed by atoms with Crippen LogP contribution in [0.15, 0.2) is 45.4 Å². The van der Waals surface area contributed by atoms with Crippen molar-refractivity contribution in [3.63, 3.8) is 0 Å². The molecule has 0 saturated heterocycles. The Hall–Kier alpha value is -2.52. The molecule has 0 saturated carbocycles. The summed E-state index contributed by atoms with van der Waals surface area (Å²) in [6, 6.07) is 9.15. The number of anilines is 1. The third kappa shape index (κ3) is 3.68. The highest BCUT2D eigenvalue weighted by atomic mass is 32.2. The van der Waals surface area contributed by atoms with Crippen molar-refractivity contribution in [2.75, 3.05) is 18.5 Å². The number of amides is 1. The first kappa shape index (κ1) is 16.9. The Morgan fingerprint density at radius 3 is 2.88 bits per heavy atom. The highest BCUT2D eigenvalue weighted by Gasteiger charge is 2.20. The van der Waals surface area contributed by atoms with Crippen LogP contribution < -0.4 is 14.8 Å². The van der Waals surface area contributed by atoms with Crippen molar-refractivity contribution in [2.45, 2.75) is 17.4 Å². The highest BCUT2D eigenvalue weighted by Crippen LogP contribution is 2.33. The van der Waals surface area contributed by atoms with E-state index in [9.17, 15) is 4.79 Å². The van der Waals surface area contributed by atoms with Gasteiger partial charge in [0, 0.05) is 11.8 Å². The largest absolute Gasteiger partial charge is 0.486 e. The molecule has 7 nitrogen and oxygen atoms in total. The number of hydrogen-bond donors (Lipinski definition) is 1. The fourth-order valence-electron chi connectivity index (χ4n) is 2.33. The molecule has 2 aromatic heterocycles. The molecule has 0 spiro atoms. The van der Waals surface area contributed by atoms with Crippen LogP contribution in [0.5, 0.6) is 11.5 Å². The first-order valence-corrected chi connectivity index (χ1v) is 9.69. The number of carbonyl (C=O) groups is 1. The number of hydrogen-bond acceptors (Lipinski definition) is 8. The third-order valence-electron chi connectivity index (χ3n) is 3.59. The summed E-state index contributed by atoms with van der Waals surface area (Å²) in [5, 5.41) is 12.8. The smallest absolute Gasteiger partial charge is 0.277 e. The number of nitrogens with zero attached hydrogens (tertiary/aromatic N) is 2. The lowest BCUT2D eigenvalue weighted by molar-refractivity contribution is -0.115. The van der Waals surface area contributed by atoms with Gasteiger partial charge in [-0.25, -0.2) is 0 Å². The minimum absolute atomic E-state index is 0.164. The molecule has 0 fully saturated rings. The van der Waals surface area contributed by atoms with Crippen molar-refractivity contribution in [1.29, 1.82) is 0 Å². The average molecular weight is 389 g/mol. The Balaban J connectivity index is 1.39. The van der Waals surface area contributed by atoms with Crippen LogP contribution in [0.3, 0.4) is 0 Å². The maximum Gasteiger partial charge on any atom is 0.277 e. The quantitative estimate of drug-likeness (QED) is 0.666. The van der Waals surface area contributed by atoms with E-state index >= 15 is 0 Å². The number of fused-ring (bicyclic) bond motifs is 1. The van der Waals surface area contributed by atoms with Crippen LogP contribution in [0.4, 0.5) is 5.69 Å². The lowest BCUT2D eigenvalue weighted by atomic mass is 10.2. The summed E-state index contributed by atoms with van der Waals surface area (Å²) in [6.45, 7) is 2.82. The van der Waals surface area contributed by atoms with E-state index in [2.05, 4.69) is 15.5 Å². The molecule has 1 aliphatic heterocycles. The molecule has 1 atom stereocenters. The minimum atomic E-state index is -0.403. The van der Waals surface area contributed by atoms with E-state index < -0.39 is 5.25 Å². The molecular formula is C17H15N3O4S2. The molecule has 9 heteroatoms. The van der Waals surface area contributed by atoms with Crippen LogP contribution in [0.25, 0.3) is 10.8 Å². The van der Waals surface area contributed by atoms with Crippen LogP contribution >= 0.6 is 23.1 Å². The average Bonchev–Trinajstić information content (AvgIpc) is 3.33. The highest BCUT2D eigenvalue weighted by molar-refractivity contribution is 8.00. The van der Waals surface area contributed by atoms with E-state index in [1.165, 1.54) is 23.1 Å². The first-order valence-electron chi connectivity index (χ1n) is 7.93. The second-order valence-corrected chi connectivity index (χ2v) is 7.70. The van der Waals surface area contributed by atoms with Gasteiger partial charge in [-0.15, -0.1) is 21.5 Å². The first-order chi connectivity index (χ1) is 12.7. The second-order valence-electron chi connectivity index (χ2n) is 5.46. The summed E-state index contributed by atoms with van der Waals surface area (Å²) in [4.78, 5) is 13.3. The molecule has 0 aliphatic carbocycles. The van der Waals surface area contributed by atoms with Gasteiger partial charge in [0.2, 0.25) is 5.91 Å². The van der Waals surface area contributed by atoms with Crippen LogP contribution in [0, 0.1) is 0 Å². The zero-order valence-electron chi connectivity index (χ0n) is 13.8. The number of ether oxygens (including phenoxy) is 2. The Kier molecular flexibility index (Phi) is 4.81. The van der Waals surface area contributed by atoms with E-state index in [0.717, 1.165) is 4.88 Å². The summed E-state index contributed by atoms with van der Waals surface area (Å²) >= 11 is 2.73. The summed E-state index contributed by atoms with van der Waals surface area (Å²) in [6.07, 6.45) is 0. The molecule has 4 rings (SSSR count). The predicted octanol–water partition coefficient (Wildman–Crippen LogP) is 3.69. The Morgan fingerprint density at radius 2 is 2.08 bits per heavy atom. The number of nitrogens with one attached hydrogen (secondary N) is 1. The molecule has 0 radical (unpaired) electrons. The van der Waals surface area contributed by atoms with Crippen molar-refractivity contribution in [2.24, 2.45) is 0 Å². The standard InChI is InChI=1S/C17H15N3O4S2/c1-10(26-17-20-19-16(24-17)14-3-2-8-25-14)15(21)18-11-4-5-12-13(9-11)23-7-6-22-12/h2-5,8-10H,6-7H2,1H3,(H,18,21)/t10-/m0/s1. The summed E-state index contributed by atoms with van der Waals surface area (Å²) < 4.78 is 16.6. The van der Waals surface area contributed by atoms with Crippen molar-refractivity contribution < 1.29 is 18.7 Å².